The Hall–Kier alpha value is -1.41. The number of sulfone groups is 1. The van der Waals surface area contributed by atoms with Crippen molar-refractivity contribution in [1.82, 2.24) is 4.41 Å². The van der Waals surface area contributed by atoms with E-state index in [-0.39, 0.29) is 22.8 Å². The van der Waals surface area contributed by atoms with Gasteiger partial charge in [0.2, 0.25) is 0 Å². The van der Waals surface area contributed by atoms with E-state index in [1.165, 1.54) is 0 Å². The Bertz CT molecular complexity index is 792. The molecule has 1 aliphatic rings. The Morgan fingerprint density at radius 2 is 1.87 bits per heavy atom. The van der Waals surface area contributed by atoms with Gasteiger partial charge in [0.1, 0.15) is 0 Å². The fourth-order valence-electron chi connectivity index (χ4n) is 2.48. The molecule has 1 aliphatic heterocycles. The molecule has 1 atom stereocenters. The van der Waals surface area contributed by atoms with Crippen molar-refractivity contribution in [1.29, 1.82) is 0 Å². The van der Waals surface area contributed by atoms with Crippen LogP contribution in [0.25, 0.3) is 0 Å². The lowest BCUT2D eigenvalue weighted by atomic mass is 10.2. The van der Waals surface area contributed by atoms with Crippen molar-refractivity contribution in [2.45, 2.75) is 44.6 Å². The minimum absolute atomic E-state index is 0.00323. The minimum atomic E-state index is -3.87. The molecule has 8 heteroatoms. The fourth-order valence-corrected chi connectivity index (χ4v) is 5.81. The van der Waals surface area contributed by atoms with Gasteiger partial charge in [-0.1, -0.05) is 19.1 Å². The smallest absolute Gasteiger partial charge is 0.229 e. The molecule has 1 aromatic rings. The van der Waals surface area contributed by atoms with Gasteiger partial charge in [0.05, 0.1) is 22.4 Å². The van der Waals surface area contributed by atoms with E-state index in [1.54, 1.807) is 38.1 Å². The Balaban J connectivity index is 2.43. The lowest BCUT2D eigenvalue weighted by molar-refractivity contribution is 0.355. The molecule has 1 heterocycles. The molecule has 0 saturated carbocycles. The van der Waals surface area contributed by atoms with Crippen molar-refractivity contribution in [3.05, 3.63) is 29.8 Å². The normalized spacial score (nSPS) is 20.2. The van der Waals surface area contributed by atoms with E-state index in [1.807, 2.05) is 6.92 Å². The zero-order valence-corrected chi connectivity index (χ0v) is 15.2. The van der Waals surface area contributed by atoms with Crippen LogP contribution in [0.4, 0.5) is 0 Å². The first-order valence-electron chi connectivity index (χ1n) is 7.51. The molecule has 0 radical (unpaired) electrons. The molecule has 0 bridgehead atoms. The Morgan fingerprint density at radius 3 is 2.30 bits per heavy atom. The van der Waals surface area contributed by atoms with Crippen LogP contribution in [0.5, 0.6) is 0 Å². The number of sulfonamides is 1. The van der Waals surface area contributed by atoms with Crippen molar-refractivity contribution in [3.8, 4) is 0 Å². The van der Waals surface area contributed by atoms with Gasteiger partial charge in [-0.3, -0.25) is 0 Å². The molecular weight excluding hydrogens is 336 g/mol. The molecule has 1 aromatic carbocycles. The molecule has 0 aromatic heterocycles. The van der Waals surface area contributed by atoms with Crippen LogP contribution in [0.3, 0.4) is 0 Å². The largest absolute Gasteiger partial charge is 0.279 e. The predicted octanol–water partition coefficient (Wildman–Crippen LogP) is 1.82. The predicted molar refractivity (Wildman–Crippen MR) is 90.7 cm³/mol. The lowest BCUT2D eigenvalue weighted by Crippen LogP contribution is -2.37. The van der Waals surface area contributed by atoms with Crippen LogP contribution in [-0.2, 0) is 26.3 Å². The number of hydrogen-bond acceptors (Lipinski definition) is 5. The van der Waals surface area contributed by atoms with Crippen molar-refractivity contribution < 1.29 is 16.8 Å². The van der Waals surface area contributed by atoms with Crippen molar-refractivity contribution in [2.75, 3.05) is 11.5 Å². The summed E-state index contributed by atoms with van der Waals surface area (Å²) in [7, 11) is -7.08. The zero-order chi connectivity index (χ0) is 17.3. The highest BCUT2D eigenvalue weighted by molar-refractivity contribution is 7.92. The molecule has 128 valence electrons. The fraction of sp³-hybridized carbons (Fsp3) is 0.533. The summed E-state index contributed by atoms with van der Waals surface area (Å²) >= 11 is 0. The number of nitrogens with zero attached hydrogens (tertiary/aromatic N) is 2. The average molecular weight is 358 g/mol. The summed E-state index contributed by atoms with van der Waals surface area (Å²) < 4.78 is 50.2. The van der Waals surface area contributed by atoms with Crippen LogP contribution >= 0.6 is 0 Å². The third-order valence-electron chi connectivity index (χ3n) is 3.70. The quantitative estimate of drug-likeness (QED) is 0.594. The Labute approximate surface area is 138 Å². The van der Waals surface area contributed by atoms with Gasteiger partial charge in [0.25, 0.3) is 10.0 Å². The highest BCUT2D eigenvalue weighted by atomic mass is 32.2. The summed E-state index contributed by atoms with van der Waals surface area (Å²) in [5.41, 5.74) is 1.59. The molecule has 0 aliphatic carbocycles. The molecular formula is C15H22N2O4S2. The maximum Gasteiger partial charge on any atom is 0.279 e. The van der Waals surface area contributed by atoms with E-state index in [0.29, 0.717) is 5.71 Å². The molecule has 1 fully saturated rings. The molecule has 23 heavy (non-hydrogen) atoms. The molecule has 2 rings (SSSR count). The van der Waals surface area contributed by atoms with Gasteiger partial charge >= 0.3 is 0 Å². The highest BCUT2D eigenvalue weighted by Gasteiger charge is 2.38. The van der Waals surface area contributed by atoms with Gasteiger partial charge in [-0.25, -0.2) is 8.42 Å². The number of aryl methyl sites for hydroxylation is 1. The van der Waals surface area contributed by atoms with Gasteiger partial charge < -0.3 is 0 Å². The van der Waals surface area contributed by atoms with Gasteiger partial charge in [-0.2, -0.15) is 17.9 Å². The summed E-state index contributed by atoms with van der Waals surface area (Å²) in [5, 5.41) is 4.11. The van der Waals surface area contributed by atoms with Gasteiger partial charge in [-0.15, -0.1) is 0 Å². The Kier molecular flexibility index (Phi) is 5.15. The van der Waals surface area contributed by atoms with E-state index in [0.717, 1.165) is 16.4 Å². The zero-order valence-electron chi connectivity index (χ0n) is 13.6. The molecule has 0 N–H and O–H groups in total. The van der Waals surface area contributed by atoms with Crippen LogP contribution in [0.2, 0.25) is 0 Å². The highest BCUT2D eigenvalue weighted by Crippen LogP contribution is 2.26. The standard InChI is InChI=1S/C15H22N2O4S2/c1-4-13-5-7-15(8-6-13)23(20,21)17(16-12(2)3)14-9-10-22(18,19)11-14/h5-8,14H,4,9-11H2,1-3H3/t14-/m1/s1. The SMILES string of the molecule is CCc1ccc(S(=O)(=O)N(N=C(C)C)[C@@H]2CCS(=O)(=O)C2)cc1. The number of rotatable bonds is 5. The molecule has 1 saturated heterocycles. The number of hydrogen-bond donors (Lipinski definition) is 0. The maximum absolute atomic E-state index is 12.9. The van der Waals surface area contributed by atoms with Crippen LogP contribution < -0.4 is 0 Å². The van der Waals surface area contributed by atoms with E-state index in [4.69, 9.17) is 0 Å². The van der Waals surface area contributed by atoms with Crippen LogP contribution in [-0.4, -0.2) is 44.5 Å². The summed E-state index contributed by atoms with van der Waals surface area (Å²) in [5.74, 6) is -0.188. The van der Waals surface area contributed by atoms with Crippen molar-refractivity contribution in [2.24, 2.45) is 5.10 Å². The third kappa shape index (κ3) is 4.11. The second-order valence-corrected chi connectivity index (χ2v) is 9.90. The van der Waals surface area contributed by atoms with Gasteiger partial charge in [0, 0.05) is 5.71 Å². The van der Waals surface area contributed by atoms with Crippen molar-refractivity contribution in [3.63, 3.8) is 0 Å². The average Bonchev–Trinajstić information content (AvgIpc) is 2.84. The van der Waals surface area contributed by atoms with Crippen LogP contribution in [0, 0.1) is 0 Å². The second kappa shape index (κ2) is 6.60. The summed E-state index contributed by atoms with van der Waals surface area (Å²) in [6.45, 7) is 5.36. The van der Waals surface area contributed by atoms with E-state index in [9.17, 15) is 16.8 Å². The summed E-state index contributed by atoms with van der Waals surface area (Å²) in [4.78, 5) is 0.129. The number of hydrazone groups is 1. The third-order valence-corrected chi connectivity index (χ3v) is 7.19. The van der Waals surface area contributed by atoms with Crippen LogP contribution in [0.1, 0.15) is 32.8 Å². The topological polar surface area (TPSA) is 83.9 Å². The second-order valence-electron chi connectivity index (χ2n) is 5.88. The Morgan fingerprint density at radius 1 is 1.26 bits per heavy atom. The first-order chi connectivity index (χ1) is 10.7. The number of benzene rings is 1. The monoisotopic (exact) mass is 358 g/mol. The van der Waals surface area contributed by atoms with Gasteiger partial charge in [0.15, 0.2) is 9.84 Å². The van der Waals surface area contributed by atoms with Crippen molar-refractivity contribution >= 4 is 25.6 Å². The van der Waals surface area contributed by atoms with E-state index < -0.39 is 25.9 Å². The van der Waals surface area contributed by atoms with E-state index in [2.05, 4.69) is 5.10 Å². The first-order valence-corrected chi connectivity index (χ1v) is 10.8. The molecule has 0 amide bonds. The first kappa shape index (κ1) is 17.9. The lowest BCUT2D eigenvalue weighted by Gasteiger charge is -2.25. The molecule has 0 unspecified atom stereocenters. The van der Waals surface area contributed by atoms with Crippen LogP contribution in [0.15, 0.2) is 34.3 Å². The van der Waals surface area contributed by atoms with E-state index >= 15 is 0 Å². The van der Waals surface area contributed by atoms with Gasteiger partial charge in [-0.05, 0) is 44.4 Å². The minimum Gasteiger partial charge on any atom is -0.229 e. The molecule has 6 nitrogen and oxygen atoms in total. The summed E-state index contributed by atoms with van der Waals surface area (Å²) in [6.07, 6.45) is 1.09. The molecule has 0 spiro atoms. The maximum atomic E-state index is 12.9. The summed E-state index contributed by atoms with van der Waals surface area (Å²) in [6, 6.07) is 5.97.